The van der Waals surface area contributed by atoms with Crippen LogP contribution in [0.15, 0.2) is 38.4 Å². The van der Waals surface area contributed by atoms with E-state index in [1.165, 1.54) is 16.7 Å². The van der Waals surface area contributed by atoms with Gasteiger partial charge >= 0.3 is 0 Å². The minimum absolute atomic E-state index is 0.0808. The van der Waals surface area contributed by atoms with Crippen molar-refractivity contribution in [3.05, 3.63) is 49.6 Å². The van der Waals surface area contributed by atoms with Crippen LogP contribution in [0.3, 0.4) is 0 Å². The van der Waals surface area contributed by atoms with Gasteiger partial charge in [0.15, 0.2) is 5.75 Å². The van der Waals surface area contributed by atoms with Crippen molar-refractivity contribution in [2.75, 3.05) is 18.8 Å². The van der Waals surface area contributed by atoms with Gasteiger partial charge in [0.05, 0.1) is 16.2 Å². The van der Waals surface area contributed by atoms with Crippen LogP contribution in [0.2, 0.25) is 0 Å². The Labute approximate surface area is 195 Å². The van der Waals surface area contributed by atoms with Crippen LogP contribution in [0.5, 0.6) is 5.75 Å². The Balaban J connectivity index is 0.00000124. The third kappa shape index (κ3) is 4.33. The van der Waals surface area contributed by atoms with Gasteiger partial charge in [0.2, 0.25) is 5.91 Å². The van der Waals surface area contributed by atoms with Crippen molar-refractivity contribution in [1.29, 1.82) is 0 Å². The smallest absolute Gasteiger partial charge is 0.219 e. The molecule has 1 aromatic carbocycles. The van der Waals surface area contributed by atoms with Gasteiger partial charge < -0.3 is 21.1 Å². The largest absolute Gasteiger partial charge is 0.505 e. The zero-order valence-corrected chi connectivity index (χ0v) is 20.9. The van der Waals surface area contributed by atoms with Crippen molar-refractivity contribution in [2.24, 2.45) is 0 Å². The van der Waals surface area contributed by atoms with Crippen LogP contribution in [0, 0.1) is 0 Å². The zero-order valence-electron chi connectivity index (χ0n) is 17.7. The van der Waals surface area contributed by atoms with E-state index in [4.69, 9.17) is 5.73 Å². The fourth-order valence-corrected chi connectivity index (χ4v) is 5.49. The van der Waals surface area contributed by atoms with Crippen molar-refractivity contribution in [3.8, 4) is 5.75 Å². The Morgan fingerprint density at radius 1 is 1.20 bits per heavy atom. The van der Waals surface area contributed by atoms with E-state index in [1.807, 2.05) is 31.0 Å². The van der Waals surface area contributed by atoms with E-state index in [1.54, 1.807) is 6.92 Å². The third-order valence-electron chi connectivity index (χ3n) is 5.89. The van der Waals surface area contributed by atoms with Gasteiger partial charge in [0.1, 0.15) is 0 Å². The average molecular weight is 539 g/mol. The molecule has 0 saturated carbocycles. The summed E-state index contributed by atoms with van der Waals surface area (Å²) in [5.41, 5.74) is 12.6. The fraction of sp³-hybridized carbons (Fsp3) is 0.435. The molecule has 1 atom stereocenters. The number of rotatable bonds is 0. The Morgan fingerprint density at radius 3 is 2.50 bits per heavy atom. The van der Waals surface area contributed by atoms with Gasteiger partial charge in [-0.3, -0.25) is 4.79 Å². The molecular weight excluding hydrogens is 510 g/mol. The van der Waals surface area contributed by atoms with Gasteiger partial charge in [-0.05, 0) is 92.0 Å². The first-order valence-electron chi connectivity index (χ1n) is 10.5. The molecule has 1 unspecified atom stereocenters. The lowest BCUT2D eigenvalue weighted by molar-refractivity contribution is -0.129. The number of carbonyl (C=O) groups is 1. The minimum Gasteiger partial charge on any atom is -0.505 e. The molecule has 4 rings (SSSR count). The maximum absolute atomic E-state index is 11.8. The Bertz CT molecular complexity index is 940. The van der Waals surface area contributed by atoms with Crippen molar-refractivity contribution in [1.82, 2.24) is 10.2 Å². The topological polar surface area (TPSA) is 78.6 Å². The third-order valence-corrected chi connectivity index (χ3v) is 7.20. The van der Waals surface area contributed by atoms with E-state index in [9.17, 15) is 9.90 Å². The second kappa shape index (κ2) is 9.60. The van der Waals surface area contributed by atoms with Gasteiger partial charge in [-0.15, -0.1) is 0 Å². The zero-order chi connectivity index (χ0) is 22.0. The van der Waals surface area contributed by atoms with Crippen molar-refractivity contribution in [2.45, 2.75) is 52.5 Å². The number of hydrogen-bond acceptors (Lipinski definition) is 4. The highest BCUT2D eigenvalue weighted by Gasteiger charge is 2.32. The summed E-state index contributed by atoms with van der Waals surface area (Å²) in [6, 6.07) is 1.99. The van der Waals surface area contributed by atoms with Crippen LogP contribution < -0.4 is 11.1 Å². The number of aromatic hydroxyl groups is 1. The standard InChI is InChI=1S/C21H23Br2N3O2.C2H6/c1-11(27)26-6-4-12(5-7-26)18-16-9-17(24)21(28)19(23)15(16)3-2-13-8-14(22)10-25-20(13)18;1-2/h8-10,20,25,28H,2-7,24H2,1H3;1-2H3. The van der Waals surface area contributed by atoms with E-state index in [2.05, 4.69) is 43.3 Å². The van der Waals surface area contributed by atoms with Gasteiger partial charge in [-0.25, -0.2) is 0 Å². The molecule has 30 heavy (non-hydrogen) atoms. The van der Waals surface area contributed by atoms with Crippen LogP contribution >= 0.6 is 31.9 Å². The molecule has 1 fully saturated rings. The molecule has 5 nitrogen and oxygen atoms in total. The number of likely N-dealkylation sites (tertiary alicyclic amines) is 1. The number of phenols is 1. The lowest BCUT2D eigenvalue weighted by Crippen LogP contribution is -2.36. The molecule has 1 saturated heterocycles. The lowest BCUT2D eigenvalue weighted by atomic mass is 9.84. The number of nitrogens with zero attached hydrogens (tertiary/aromatic N) is 1. The number of fused-ring (bicyclic) bond motifs is 2. The van der Waals surface area contributed by atoms with Crippen LogP contribution in [-0.2, 0) is 11.2 Å². The highest BCUT2D eigenvalue weighted by Crippen LogP contribution is 2.46. The van der Waals surface area contributed by atoms with E-state index < -0.39 is 0 Å². The van der Waals surface area contributed by atoms with Crippen LogP contribution in [-0.4, -0.2) is 35.0 Å². The van der Waals surface area contributed by atoms with Crippen molar-refractivity contribution >= 4 is 49.0 Å². The molecule has 162 valence electrons. The maximum Gasteiger partial charge on any atom is 0.219 e. The number of nitrogens with two attached hydrogens (primary N) is 1. The summed E-state index contributed by atoms with van der Waals surface area (Å²) in [5.74, 6) is 0.242. The summed E-state index contributed by atoms with van der Waals surface area (Å²) in [6.45, 7) is 7.11. The summed E-state index contributed by atoms with van der Waals surface area (Å²) >= 11 is 7.16. The number of phenolic OH excluding ortho intramolecular Hbond substituents is 1. The number of carbonyl (C=O) groups excluding carboxylic acids is 1. The molecule has 1 aliphatic carbocycles. The monoisotopic (exact) mass is 537 g/mol. The molecule has 0 bridgehead atoms. The number of anilines is 1. The average Bonchev–Trinajstić information content (AvgIpc) is 2.90. The second-order valence-corrected chi connectivity index (χ2v) is 9.23. The second-order valence-electron chi connectivity index (χ2n) is 7.53. The van der Waals surface area contributed by atoms with Crippen molar-refractivity contribution in [3.63, 3.8) is 0 Å². The molecule has 2 heterocycles. The van der Waals surface area contributed by atoms with E-state index in [0.717, 1.165) is 54.4 Å². The number of dihydropyridines is 1. The van der Waals surface area contributed by atoms with Crippen LogP contribution in [0.4, 0.5) is 5.69 Å². The first kappa shape index (κ1) is 22.9. The molecule has 0 aromatic heterocycles. The molecule has 1 amide bonds. The van der Waals surface area contributed by atoms with E-state index in [-0.39, 0.29) is 17.7 Å². The first-order valence-corrected chi connectivity index (χ1v) is 12.0. The molecule has 0 radical (unpaired) electrons. The SMILES string of the molecule is CC.CC(=O)N1CCC(=C2c3cc(N)c(O)c(Br)c3CCC3=CC(Br)=CNC32)CC1. The van der Waals surface area contributed by atoms with E-state index >= 15 is 0 Å². The highest BCUT2D eigenvalue weighted by atomic mass is 79.9. The number of allylic oxidation sites excluding steroid dienone is 2. The number of piperidine rings is 1. The minimum atomic E-state index is 0.0808. The molecule has 2 aliphatic heterocycles. The van der Waals surface area contributed by atoms with Crippen molar-refractivity contribution < 1.29 is 9.90 Å². The summed E-state index contributed by atoms with van der Waals surface area (Å²) in [4.78, 5) is 13.7. The summed E-state index contributed by atoms with van der Waals surface area (Å²) in [5, 5.41) is 13.9. The molecule has 3 aliphatic rings. The summed E-state index contributed by atoms with van der Waals surface area (Å²) in [6.07, 6.45) is 7.60. The molecule has 7 heteroatoms. The Kier molecular flexibility index (Phi) is 7.34. The number of nitrogen functional groups attached to an aromatic ring is 1. The first-order chi connectivity index (χ1) is 14.4. The van der Waals surface area contributed by atoms with Gasteiger partial charge in [0.25, 0.3) is 0 Å². The van der Waals surface area contributed by atoms with Crippen LogP contribution in [0.1, 0.15) is 51.2 Å². The molecule has 1 aromatic rings. The normalized spacial score (nSPS) is 20.6. The summed E-state index contributed by atoms with van der Waals surface area (Å²) in [7, 11) is 0. The Morgan fingerprint density at radius 2 is 1.87 bits per heavy atom. The van der Waals surface area contributed by atoms with Gasteiger partial charge in [-0.2, -0.15) is 0 Å². The molecular formula is C23H29Br2N3O2. The van der Waals surface area contributed by atoms with Gasteiger partial charge in [0, 0.05) is 30.7 Å². The summed E-state index contributed by atoms with van der Waals surface area (Å²) < 4.78 is 1.72. The Hall–Kier alpha value is -1.73. The molecule has 4 N–H and O–H groups in total. The van der Waals surface area contributed by atoms with Gasteiger partial charge in [-0.1, -0.05) is 19.4 Å². The predicted octanol–water partition coefficient (Wildman–Crippen LogP) is 5.24. The quantitative estimate of drug-likeness (QED) is 0.312. The number of amides is 1. The maximum atomic E-state index is 11.8. The lowest BCUT2D eigenvalue weighted by Gasteiger charge is -2.33. The van der Waals surface area contributed by atoms with Crippen LogP contribution in [0.25, 0.3) is 5.57 Å². The number of benzene rings is 1. The number of nitrogens with one attached hydrogen (secondary N) is 1. The van der Waals surface area contributed by atoms with E-state index in [0.29, 0.717) is 10.2 Å². The number of hydrogen-bond donors (Lipinski definition) is 3. The molecule has 0 spiro atoms. The highest BCUT2D eigenvalue weighted by molar-refractivity contribution is 9.12. The predicted molar refractivity (Wildman–Crippen MR) is 130 cm³/mol. The fourth-order valence-electron chi connectivity index (χ4n) is 4.42. The number of halogens is 2.